The lowest BCUT2D eigenvalue weighted by Crippen LogP contribution is -2.36. The molecule has 7 nitrogen and oxygen atoms in total. The first-order valence-corrected chi connectivity index (χ1v) is 8.80. The van der Waals surface area contributed by atoms with Crippen LogP contribution in [0, 0.1) is 0 Å². The van der Waals surface area contributed by atoms with Gasteiger partial charge in [-0.2, -0.15) is 5.10 Å². The fraction of sp³-hybridized carbons (Fsp3) is 0.150. The van der Waals surface area contributed by atoms with Crippen LogP contribution < -0.4 is 10.6 Å². The Morgan fingerprint density at radius 3 is 2.74 bits per heavy atom. The van der Waals surface area contributed by atoms with Gasteiger partial charge in [-0.05, 0) is 35.7 Å². The number of para-hydroxylation sites is 1. The lowest BCUT2D eigenvalue weighted by Gasteiger charge is -2.08. The van der Waals surface area contributed by atoms with Crippen molar-refractivity contribution in [3.63, 3.8) is 0 Å². The Kier molecular flexibility index (Phi) is 4.82. The molecule has 0 spiro atoms. The van der Waals surface area contributed by atoms with Crippen LogP contribution in [0.25, 0.3) is 16.6 Å². The zero-order chi connectivity index (χ0) is 18.5. The Morgan fingerprint density at radius 2 is 1.93 bits per heavy atom. The number of carbonyl (C=O) groups is 1. The third-order valence-corrected chi connectivity index (χ3v) is 4.43. The molecule has 2 aromatic carbocycles. The molecule has 4 rings (SSSR count). The summed E-state index contributed by atoms with van der Waals surface area (Å²) in [5.41, 5.74) is 4.27. The van der Waals surface area contributed by atoms with Crippen molar-refractivity contribution < 1.29 is 4.79 Å². The molecule has 2 heterocycles. The van der Waals surface area contributed by atoms with Crippen LogP contribution in [0.15, 0.2) is 67.4 Å². The van der Waals surface area contributed by atoms with E-state index in [-0.39, 0.29) is 6.03 Å². The molecule has 0 aliphatic carbocycles. The number of urea groups is 1. The van der Waals surface area contributed by atoms with Gasteiger partial charge in [0.05, 0.1) is 5.69 Å². The standard InChI is InChI=1S/C20H20N6O/c27-20(22-10-9-16-12-23-19-4-2-1-3-18(16)19)24-11-15-5-7-17(8-6-15)26-14-21-13-25-26/h1-8,12-14,23H,9-11H2,(H2,22,24,27). The summed E-state index contributed by atoms with van der Waals surface area (Å²) in [4.78, 5) is 19.2. The van der Waals surface area contributed by atoms with Crippen LogP contribution in [0.2, 0.25) is 0 Å². The number of aromatic nitrogens is 4. The highest BCUT2D eigenvalue weighted by Gasteiger charge is 2.05. The van der Waals surface area contributed by atoms with E-state index in [9.17, 15) is 4.79 Å². The normalized spacial score (nSPS) is 10.8. The highest BCUT2D eigenvalue weighted by Crippen LogP contribution is 2.17. The molecule has 0 saturated heterocycles. The molecule has 0 fully saturated rings. The zero-order valence-electron chi connectivity index (χ0n) is 14.7. The summed E-state index contributed by atoms with van der Waals surface area (Å²) in [5, 5.41) is 11.1. The van der Waals surface area contributed by atoms with Gasteiger partial charge in [-0.15, -0.1) is 0 Å². The minimum Gasteiger partial charge on any atom is -0.361 e. The first-order valence-electron chi connectivity index (χ1n) is 8.80. The van der Waals surface area contributed by atoms with Crippen LogP contribution in [-0.4, -0.2) is 32.3 Å². The maximum absolute atomic E-state index is 12.0. The molecule has 0 unspecified atom stereocenters. The molecule has 0 radical (unpaired) electrons. The number of hydrogen-bond donors (Lipinski definition) is 3. The minimum atomic E-state index is -0.171. The molecule has 0 aliphatic rings. The molecule has 136 valence electrons. The number of nitrogens with one attached hydrogen (secondary N) is 3. The molecule has 2 aromatic heterocycles. The predicted octanol–water partition coefficient (Wildman–Crippen LogP) is 2.79. The average molecular weight is 360 g/mol. The highest BCUT2D eigenvalue weighted by atomic mass is 16.2. The lowest BCUT2D eigenvalue weighted by molar-refractivity contribution is 0.240. The number of carbonyl (C=O) groups excluding carboxylic acids is 1. The number of aromatic amines is 1. The van der Waals surface area contributed by atoms with Crippen LogP contribution in [0.3, 0.4) is 0 Å². The van der Waals surface area contributed by atoms with Crippen molar-refractivity contribution in [2.75, 3.05) is 6.54 Å². The third kappa shape index (κ3) is 3.98. The van der Waals surface area contributed by atoms with Crippen molar-refractivity contribution in [3.8, 4) is 5.69 Å². The molecule has 3 N–H and O–H groups in total. The second-order valence-corrected chi connectivity index (χ2v) is 6.23. The Morgan fingerprint density at radius 1 is 1.07 bits per heavy atom. The van der Waals surface area contributed by atoms with Crippen molar-refractivity contribution in [1.82, 2.24) is 30.4 Å². The van der Waals surface area contributed by atoms with E-state index in [4.69, 9.17) is 0 Å². The van der Waals surface area contributed by atoms with Crippen molar-refractivity contribution in [1.29, 1.82) is 0 Å². The summed E-state index contributed by atoms with van der Waals surface area (Å²) in [7, 11) is 0. The number of hydrogen-bond acceptors (Lipinski definition) is 3. The van der Waals surface area contributed by atoms with Crippen molar-refractivity contribution in [2.45, 2.75) is 13.0 Å². The molecule has 0 atom stereocenters. The van der Waals surface area contributed by atoms with Gasteiger partial charge in [0.25, 0.3) is 0 Å². The Balaban J connectivity index is 1.24. The molecule has 7 heteroatoms. The van der Waals surface area contributed by atoms with Gasteiger partial charge in [0.15, 0.2) is 0 Å². The second kappa shape index (κ2) is 7.74. The van der Waals surface area contributed by atoms with Crippen LogP contribution in [0.4, 0.5) is 4.79 Å². The van der Waals surface area contributed by atoms with Crippen molar-refractivity contribution in [3.05, 3.63) is 78.5 Å². The van der Waals surface area contributed by atoms with Crippen LogP contribution in [0.5, 0.6) is 0 Å². The molecule has 4 aromatic rings. The van der Waals surface area contributed by atoms with Crippen LogP contribution in [-0.2, 0) is 13.0 Å². The third-order valence-electron chi connectivity index (χ3n) is 4.43. The largest absolute Gasteiger partial charge is 0.361 e. The van der Waals surface area contributed by atoms with Crippen LogP contribution >= 0.6 is 0 Å². The Bertz CT molecular complexity index is 1020. The van der Waals surface area contributed by atoms with E-state index in [1.165, 1.54) is 17.3 Å². The topological polar surface area (TPSA) is 87.6 Å². The number of fused-ring (bicyclic) bond motifs is 1. The molecule has 0 bridgehead atoms. The van der Waals surface area contributed by atoms with E-state index in [1.807, 2.05) is 48.7 Å². The van der Waals surface area contributed by atoms with Gasteiger partial charge in [0, 0.05) is 30.2 Å². The maximum Gasteiger partial charge on any atom is 0.315 e. The van der Waals surface area contributed by atoms with Gasteiger partial charge >= 0.3 is 6.03 Å². The number of H-pyrrole nitrogens is 1. The number of nitrogens with zero attached hydrogens (tertiary/aromatic N) is 3. The highest BCUT2D eigenvalue weighted by molar-refractivity contribution is 5.83. The monoisotopic (exact) mass is 360 g/mol. The SMILES string of the molecule is O=C(NCCc1c[nH]c2ccccc12)NCc1ccc(-n2cncn2)cc1. The summed E-state index contributed by atoms with van der Waals surface area (Å²) in [6.07, 6.45) is 5.93. The summed E-state index contributed by atoms with van der Waals surface area (Å²) < 4.78 is 1.69. The molecular weight excluding hydrogens is 340 g/mol. The van der Waals surface area contributed by atoms with E-state index in [0.29, 0.717) is 13.1 Å². The lowest BCUT2D eigenvalue weighted by atomic mass is 10.1. The van der Waals surface area contributed by atoms with Gasteiger partial charge in [0.1, 0.15) is 12.7 Å². The molecule has 2 amide bonds. The van der Waals surface area contributed by atoms with Gasteiger partial charge < -0.3 is 15.6 Å². The Hall–Kier alpha value is -3.61. The van der Waals surface area contributed by atoms with Gasteiger partial charge in [-0.1, -0.05) is 30.3 Å². The number of rotatable bonds is 6. The summed E-state index contributed by atoms with van der Waals surface area (Å²) in [6.45, 7) is 1.05. The van der Waals surface area contributed by atoms with E-state index in [0.717, 1.165) is 23.2 Å². The first kappa shape index (κ1) is 16.8. The fourth-order valence-electron chi connectivity index (χ4n) is 3.00. The molecule has 0 saturated carbocycles. The molecular formula is C20H20N6O. The van der Waals surface area contributed by atoms with E-state index in [2.05, 4.69) is 31.8 Å². The quantitative estimate of drug-likeness (QED) is 0.494. The number of benzene rings is 2. The van der Waals surface area contributed by atoms with E-state index in [1.54, 1.807) is 11.0 Å². The summed E-state index contributed by atoms with van der Waals surface area (Å²) in [5.74, 6) is 0. The van der Waals surface area contributed by atoms with Crippen molar-refractivity contribution in [2.24, 2.45) is 0 Å². The first-order chi connectivity index (χ1) is 13.3. The molecule has 27 heavy (non-hydrogen) atoms. The van der Waals surface area contributed by atoms with Crippen LogP contribution in [0.1, 0.15) is 11.1 Å². The van der Waals surface area contributed by atoms with Gasteiger partial charge in [-0.25, -0.2) is 14.5 Å². The zero-order valence-corrected chi connectivity index (χ0v) is 14.7. The Labute approximate surface area is 156 Å². The van der Waals surface area contributed by atoms with Gasteiger partial charge in [-0.3, -0.25) is 0 Å². The van der Waals surface area contributed by atoms with E-state index >= 15 is 0 Å². The second-order valence-electron chi connectivity index (χ2n) is 6.23. The summed E-state index contributed by atoms with van der Waals surface area (Å²) in [6, 6.07) is 15.8. The maximum atomic E-state index is 12.0. The number of amides is 2. The average Bonchev–Trinajstić information content (AvgIpc) is 3.37. The smallest absolute Gasteiger partial charge is 0.315 e. The predicted molar refractivity (Wildman–Crippen MR) is 104 cm³/mol. The minimum absolute atomic E-state index is 0.171. The van der Waals surface area contributed by atoms with Gasteiger partial charge in [0.2, 0.25) is 0 Å². The fourth-order valence-corrected chi connectivity index (χ4v) is 3.00. The van der Waals surface area contributed by atoms with E-state index < -0.39 is 0 Å². The molecule has 0 aliphatic heterocycles. The van der Waals surface area contributed by atoms with Crippen molar-refractivity contribution >= 4 is 16.9 Å². The summed E-state index contributed by atoms with van der Waals surface area (Å²) >= 11 is 0.